The highest BCUT2D eigenvalue weighted by Crippen LogP contribution is 2.12. The molecule has 90 valence electrons. The lowest BCUT2D eigenvalue weighted by Gasteiger charge is -2.26. The lowest BCUT2D eigenvalue weighted by Crippen LogP contribution is -2.51. The fraction of sp³-hybridized carbons (Fsp3) is 0.700. The van der Waals surface area contributed by atoms with E-state index in [4.69, 9.17) is 5.11 Å². The first-order valence-electron chi connectivity index (χ1n) is 5.13. The van der Waals surface area contributed by atoms with Gasteiger partial charge in [-0.2, -0.15) is 0 Å². The van der Waals surface area contributed by atoms with Crippen LogP contribution in [-0.4, -0.2) is 34.5 Å². The van der Waals surface area contributed by atoms with Gasteiger partial charge in [0.1, 0.15) is 6.04 Å². The molecule has 1 heterocycles. The molecular weight excluding hydrogens is 212 g/mol. The van der Waals surface area contributed by atoms with E-state index in [1.807, 2.05) is 0 Å². The van der Waals surface area contributed by atoms with E-state index >= 15 is 0 Å². The maximum absolute atomic E-state index is 11.7. The van der Waals surface area contributed by atoms with Gasteiger partial charge in [-0.3, -0.25) is 14.4 Å². The molecule has 0 spiro atoms. The van der Waals surface area contributed by atoms with Crippen molar-refractivity contribution in [3.63, 3.8) is 0 Å². The number of rotatable bonds is 4. The zero-order valence-corrected chi connectivity index (χ0v) is 9.37. The number of hydrogen-bond acceptors (Lipinski definition) is 3. The maximum atomic E-state index is 11.7. The quantitative estimate of drug-likeness (QED) is 0.612. The highest BCUT2D eigenvalue weighted by molar-refractivity contribution is 5.91. The van der Waals surface area contributed by atoms with Gasteiger partial charge in [0.2, 0.25) is 11.8 Å². The Balaban J connectivity index is 2.50. The second kappa shape index (κ2) is 4.51. The van der Waals surface area contributed by atoms with Crippen LogP contribution in [0.4, 0.5) is 0 Å². The molecule has 0 aliphatic carbocycles. The molecule has 0 radical (unpaired) electrons. The number of hydrogen-bond donors (Lipinski definition) is 3. The monoisotopic (exact) mass is 228 g/mol. The van der Waals surface area contributed by atoms with Crippen LogP contribution >= 0.6 is 0 Å². The molecule has 1 aliphatic rings. The number of nitrogens with one attached hydrogen (secondary N) is 2. The molecule has 1 fully saturated rings. The van der Waals surface area contributed by atoms with E-state index in [0.717, 1.165) is 0 Å². The minimum atomic E-state index is -0.972. The summed E-state index contributed by atoms with van der Waals surface area (Å²) in [6, 6.07) is -0.527. The van der Waals surface area contributed by atoms with Gasteiger partial charge in [-0.05, 0) is 20.3 Å². The molecule has 0 aromatic rings. The summed E-state index contributed by atoms with van der Waals surface area (Å²) in [4.78, 5) is 33.1. The van der Waals surface area contributed by atoms with Crippen LogP contribution in [0.25, 0.3) is 0 Å². The van der Waals surface area contributed by atoms with Crippen LogP contribution in [0.3, 0.4) is 0 Å². The Morgan fingerprint density at radius 2 is 2.19 bits per heavy atom. The third-order valence-electron chi connectivity index (χ3n) is 2.37. The predicted octanol–water partition coefficient (Wildman–Crippen LogP) is -0.365. The lowest BCUT2D eigenvalue weighted by molar-refractivity contribution is -0.139. The summed E-state index contributed by atoms with van der Waals surface area (Å²) in [6.07, 6.45) is 0.657. The number of carbonyl (C=O) groups is 3. The smallest absolute Gasteiger partial charge is 0.305 e. The minimum Gasteiger partial charge on any atom is -0.481 e. The Labute approximate surface area is 93.4 Å². The second-order valence-corrected chi connectivity index (χ2v) is 4.60. The molecular formula is C10H16N2O4. The average Bonchev–Trinajstić information content (AvgIpc) is 2.47. The zero-order valence-electron chi connectivity index (χ0n) is 9.37. The van der Waals surface area contributed by atoms with Gasteiger partial charge in [0.25, 0.3) is 0 Å². The van der Waals surface area contributed by atoms with E-state index in [0.29, 0.717) is 12.8 Å². The molecule has 1 saturated heterocycles. The van der Waals surface area contributed by atoms with Crippen molar-refractivity contribution >= 4 is 17.8 Å². The molecule has 6 heteroatoms. The third-order valence-corrected chi connectivity index (χ3v) is 2.37. The summed E-state index contributed by atoms with van der Waals surface area (Å²) >= 11 is 0. The van der Waals surface area contributed by atoms with Gasteiger partial charge in [-0.1, -0.05) is 0 Å². The Bertz CT molecular complexity index is 325. The van der Waals surface area contributed by atoms with Gasteiger partial charge in [0.05, 0.1) is 6.42 Å². The van der Waals surface area contributed by atoms with Gasteiger partial charge < -0.3 is 15.7 Å². The standard InChI is InChI=1S/C10H16N2O4/c1-10(2,5-8(14)15)12-9(16)6-3-4-7(13)11-6/h6H,3-5H2,1-2H3,(H,11,13)(H,12,16)(H,14,15)/t6-/m1/s1. The first-order valence-corrected chi connectivity index (χ1v) is 5.13. The van der Waals surface area contributed by atoms with Gasteiger partial charge >= 0.3 is 5.97 Å². The van der Waals surface area contributed by atoms with E-state index in [-0.39, 0.29) is 18.2 Å². The van der Waals surface area contributed by atoms with E-state index in [1.165, 1.54) is 0 Å². The molecule has 6 nitrogen and oxygen atoms in total. The molecule has 2 amide bonds. The number of carboxylic acid groups (broad SMARTS) is 1. The summed E-state index contributed by atoms with van der Waals surface area (Å²) in [7, 11) is 0. The van der Waals surface area contributed by atoms with Crippen molar-refractivity contribution in [2.75, 3.05) is 0 Å². The van der Waals surface area contributed by atoms with E-state index in [2.05, 4.69) is 10.6 Å². The zero-order chi connectivity index (χ0) is 12.3. The molecule has 1 aliphatic heterocycles. The number of amides is 2. The molecule has 0 aromatic heterocycles. The largest absolute Gasteiger partial charge is 0.481 e. The molecule has 3 N–H and O–H groups in total. The van der Waals surface area contributed by atoms with E-state index < -0.39 is 17.6 Å². The van der Waals surface area contributed by atoms with Crippen molar-refractivity contribution in [1.29, 1.82) is 0 Å². The van der Waals surface area contributed by atoms with Gasteiger partial charge in [-0.15, -0.1) is 0 Å². The van der Waals surface area contributed by atoms with Crippen LogP contribution in [0.2, 0.25) is 0 Å². The molecule has 1 rings (SSSR count). The van der Waals surface area contributed by atoms with Crippen molar-refractivity contribution in [3.8, 4) is 0 Å². The number of aliphatic carboxylic acids is 1. The SMILES string of the molecule is CC(C)(CC(=O)O)NC(=O)[C@H]1CCC(=O)N1. The van der Waals surface area contributed by atoms with Crippen molar-refractivity contribution in [2.24, 2.45) is 0 Å². The van der Waals surface area contributed by atoms with Crippen LogP contribution in [0.1, 0.15) is 33.1 Å². The number of carbonyl (C=O) groups excluding carboxylic acids is 2. The van der Waals surface area contributed by atoms with Crippen molar-refractivity contribution in [1.82, 2.24) is 10.6 Å². The third kappa shape index (κ3) is 3.52. The molecule has 0 saturated carbocycles. The Morgan fingerprint density at radius 1 is 1.56 bits per heavy atom. The predicted molar refractivity (Wildman–Crippen MR) is 55.6 cm³/mol. The second-order valence-electron chi connectivity index (χ2n) is 4.60. The van der Waals surface area contributed by atoms with Crippen LogP contribution in [0.5, 0.6) is 0 Å². The molecule has 0 aromatic carbocycles. The fourth-order valence-electron chi connectivity index (χ4n) is 1.65. The van der Waals surface area contributed by atoms with Crippen LogP contribution in [0, 0.1) is 0 Å². The Kier molecular flexibility index (Phi) is 3.51. The van der Waals surface area contributed by atoms with Gasteiger partial charge in [0.15, 0.2) is 0 Å². The van der Waals surface area contributed by atoms with Crippen LogP contribution < -0.4 is 10.6 Å². The summed E-state index contributed by atoms with van der Waals surface area (Å²) in [5.74, 6) is -1.44. The van der Waals surface area contributed by atoms with E-state index in [9.17, 15) is 14.4 Å². The average molecular weight is 228 g/mol. The lowest BCUT2D eigenvalue weighted by atomic mass is 10.00. The summed E-state index contributed by atoms with van der Waals surface area (Å²) in [6.45, 7) is 3.27. The van der Waals surface area contributed by atoms with Gasteiger partial charge in [0, 0.05) is 12.0 Å². The summed E-state index contributed by atoms with van der Waals surface area (Å²) in [5, 5.41) is 13.8. The fourth-order valence-corrected chi connectivity index (χ4v) is 1.65. The first kappa shape index (κ1) is 12.5. The first-order chi connectivity index (χ1) is 7.30. The summed E-state index contributed by atoms with van der Waals surface area (Å²) in [5.41, 5.74) is -0.809. The van der Waals surface area contributed by atoms with Crippen LogP contribution in [-0.2, 0) is 14.4 Å². The van der Waals surface area contributed by atoms with E-state index in [1.54, 1.807) is 13.8 Å². The molecule has 1 atom stereocenters. The van der Waals surface area contributed by atoms with Crippen molar-refractivity contribution in [3.05, 3.63) is 0 Å². The molecule has 16 heavy (non-hydrogen) atoms. The highest BCUT2D eigenvalue weighted by atomic mass is 16.4. The van der Waals surface area contributed by atoms with Gasteiger partial charge in [-0.25, -0.2) is 0 Å². The number of carboxylic acids is 1. The Hall–Kier alpha value is -1.59. The highest BCUT2D eigenvalue weighted by Gasteiger charge is 2.31. The topological polar surface area (TPSA) is 95.5 Å². The molecule has 0 unspecified atom stereocenters. The minimum absolute atomic E-state index is 0.142. The summed E-state index contributed by atoms with van der Waals surface area (Å²) < 4.78 is 0. The maximum Gasteiger partial charge on any atom is 0.305 e. The van der Waals surface area contributed by atoms with Crippen molar-refractivity contribution in [2.45, 2.75) is 44.7 Å². The van der Waals surface area contributed by atoms with Crippen LogP contribution in [0.15, 0.2) is 0 Å². The normalized spacial score (nSPS) is 20.4. The molecule has 0 bridgehead atoms. The van der Waals surface area contributed by atoms with Crippen molar-refractivity contribution < 1.29 is 19.5 Å². The Morgan fingerprint density at radius 3 is 2.62 bits per heavy atom.